The maximum absolute atomic E-state index is 13.0. The van der Waals surface area contributed by atoms with E-state index in [1.165, 1.54) is 20.1 Å². The van der Waals surface area contributed by atoms with Crippen molar-refractivity contribution in [2.75, 3.05) is 12.4 Å². The van der Waals surface area contributed by atoms with Gasteiger partial charge in [0.05, 0.1) is 7.11 Å². The molecule has 2 amide bonds. The lowest BCUT2D eigenvalue weighted by Crippen LogP contribution is -2.30. The van der Waals surface area contributed by atoms with Crippen LogP contribution in [0.5, 0.6) is 11.5 Å². The first-order valence-electron chi connectivity index (χ1n) is 9.87. The SMILES string of the molecule is COc1cc(/C=C(\NC(=O)c2ccccc2)C(=O)Nc2ccc(Cl)cc2)ccc1OC(C)=O. The van der Waals surface area contributed by atoms with E-state index >= 15 is 0 Å². The van der Waals surface area contributed by atoms with Crippen LogP contribution in [0.1, 0.15) is 22.8 Å². The summed E-state index contributed by atoms with van der Waals surface area (Å²) in [7, 11) is 1.43. The Labute approximate surface area is 196 Å². The molecule has 0 atom stereocenters. The summed E-state index contributed by atoms with van der Waals surface area (Å²) in [5.41, 5.74) is 1.44. The van der Waals surface area contributed by atoms with Crippen LogP contribution in [0.2, 0.25) is 5.02 Å². The van der Waals surface area contributed by atoms with Crippen molar-refractivity contribution in [1.29, 1.82) is 0 Å². The van der Waals surface area contributed by atoms with Crippen molar-refractivity contribution in [2.45, 2.75) is 6.92 Å². The summed E-state index contributed by atoms with van der Waals surface area (Å²) >= 11 is 5.90. The number of anilines is 1. The summed E-state index contributed by atoms with van der Waals surface area (Å²) in [4.78, 5) is 37.0. The largest absolute Gasteiger partial charge is 0.493 e. The Bertz CT molecular complexity index is 1190. The van der Waals surface area contributed by atoms with Crippen LogP contribution in [0.25, 0.3) is 6.08 Å². The van der Waals surface area contributed by atoms with Crippen molar-refractivity contribution in [1.82, 2.24) is 5.32 Å². The average Bonchev–Trinajstić information content (AvgIpc) is 2.81. The van der Waals surface area contributed by atoms with Gasteiger partial charge in [-0.15, -0.1) is 0 Å². The minimum atomic E-state index is -0.537. The molecule has 0 radical (unpaired) electrons. The molecular weight excluding hydrogens is 444 g/mol. The molecule has 0 aliphatic rings. The molecular formula is C25H21ClN2O5. The first-order valence-corrected chi connectivity index (χ1v) is 10.2. The zero-order valence-corrected chi connectivity index (χ0v) is 18.7. The van der Waals surface area contributed by atoms with Gasteiger partial charge in [0.1, 0.15) is 5.70 Å². The van der Waals surface area contributed by atoms with Crippen LogP contribution in [0, 0.1) is 0 Å². The van der Waals surface area contributed by atoms with E-state index < -0.39 is 17.8 Å². The third-order valence-corrected chi connectivity index (χ3v) is 4.64. The Morgan fingerprint density at radius 2 is 1.61 bits per heavy atom. The topological polar surface area (TPSA) is 93.7 Å². The number of carbonyl (C=O) groups excluding carboxylic acids is 3. The van der Waals surface area contributed by atoms with E-state index in [2.05, 4.69) is 10.6 Å². The summed E-state index contributed by atoms with van der Waals surface area (Å²) in [6, 6.07) is 19.9. The van der Waals surface area contributed by atoms with Gasteiger partial charge in [-0.1, -0.05) is 35.9 Å². The Morgan fingerprint density at radius 3 is 2.24 bits per heavy atom. The molecule has 3 aromatic rings. The fraction of sp³-hybridized carbons (Fsp3) is 0.0800. The number of ether oxygens (including phenoxy) is 2. The Balaban J connectivity index is 1.93. The van der Waals surface area contributed by atoms with E-state index in [0.29, 0.717) is 27.6 Å². The molecule has 168 valence electrons. The average molecular weight is 465 g/mol. The second kappa shape index (κ2) is 11.0. The van der Waals surface area contributed by atoms with Gasteiger partial charge in [0.15, 0.2) is 11.5 Å². The van der Waals surface area contributed by atoms with Crippen LogP contribution in [0.4, 0.5) is 5.69 Å². The quantitative estimate of drug-likeness (QED) is 0.301. The van der Waals surface area contributed by atoms with E-state index in [-0.39, 0.29) is 11.4 Å². The van der Waals surface area contributed by atoms with E-state index in [4.69, 9.17) is 21.1 Å². The Morgan fingerprint density at radius 1 is 0.909 bits per heavy atom. The van der Waals surface area contributed by atoms with E-state index in [9.17, 15) is 14.4 Å². The number of nitrogens with one attached hydrogen (secondary N) is 2. The highest BCUT2D eigenvalue weighted by Gasteiger charge is 2.16. The zero-order valence-electron chi connectivity index (χ0n) is 17.9. The molecule has 33 heavy (non-hydrogen) atoms. The lowest BCUT2D eigenvalue weighted by Gasteiger charge is -2.12. The first-order chi connectivity index (χ1) is 15.9. The molecule has 0 saturated carbocycles. The number of esters is 1. The van der Waals surface area contributed by atoms with Gasteiger partial charge in [-0.3, -0.25) is 14.4 Å². The molecule has 7 nitrogen and oxygen atoms in total. The maximum Gasteiger partial charge on any atom is 0.308 e. The highest BCUT2D eigenvalue weighted by Crippen LogP contribution is 2.29. The maximum atomic E-state index is 13.0. The zero-order chi connectivity index (χ0) is 23.8. The van der Waals surface area contributed by atoms with Crippen LogP contribution < -0.4 is 20.1 Å². The summed E-state index contributed by atoms with van der Waals surface area (Å²) < 4.78 is 10.4. The van der Waals surface area contributed by atoms with E-state index in [1.807, 2.05) is 0 Å². The van der Waals surface area contributed by atoms with E-state index in [0.717, 1.165) is 0 Å². The van der Waals surface area contributed by atoms with Gasteiger partial charge >= 0.3 is 5.97 Å². The third kappa shape index (κ3) is 6.69. The third-order valence-electron chi connectivity index (χ3n) is 4.38. The highest BCUT2D eigenvalue weighted by atomic mass is 35.5. The predicted molar refractivity (Wildman–Crippen MR) is 126 cm³/mol. The van der Waals surface area contributed by atoms with Gasteiger partial charge in [-0.25, -0.2) is 0 Å². The number of benzene rings is 3. The lowest BCUT2D eigenvalue weighted by atomic mass is 10.1. The summed E-state index contributed by atoms with van der Waals surface area (Å²) in [5, 5.41) is 5.92. The van der Waals surface area contributed by atoms with Crippen LogP contribution in [-0.4, -0.2) is 24.9 Å². The summed E-state index contributed by atoms with van der Waals surface area (Å²) in [6.45, 7) is 1.28. The highest BCUT2D eigenvalue weighted by molar-refractivity contribution is 6.30. The van der Waals surface area contributed by atoms with Gasteiger partial charge < -0.3 is 20.1 Å². The number of hydrogen-bond donors (Lipinski definition) is 2. The molecule has 8 heteroatoms. The van der Waals surface area contributed by atoms with Gasteiger partial charge in [0.25, 0.3) is 11.8 Å². The number of halogens is 1. The minimum Gasteiger partial charge on any atom is -0.493 e. The second-order valence-electron chi connectivity index (χ2n) is 6.84. The van der Waals surface area contributed by atoms with Crippen LogP contribution >= 0.6 is 11.6 Å². The van der Waals surface area contributed by atoms with Crippen molar-refractivity contribution in [3.05, 3.63) is 94.6 Å². The molecule has 0 spiro atoms. The predicted octanol–water partition coefficient (Wildman–Crippen LogP) is 4.68. The molecule has 0 bridgehead atoms. The molecule has 0 saturated heterocycles. The van der Waals surface area contributed by atoms with Gasteiger partial charge in [-0.2, -0.15) is 0 Å². The van der Waals surface area contributed by atoms with Crippen LogP contribution in [0.15, 0.2) is 78.5 Å². The van der Waals surface area contributed by atoms with Crippen molar-refractivity contribution >= 4 is 41.1 Å². The van der Waals surface area contributed by atoms with Crippen molar-refractivity contribution in [3.8, 4) is 11.5 Å². The molecule has 0 fully saturated rings. The van der Waals surface area contributed by atoms with Crippen molar-refractivity contribution in [3.63, 3.8) is 0 Å². The molecule has 0 unspecified atom stereocenters. The van der Waals surface area contributed by atoms with Gasteiger partial charge in [0.2, 0.25) is 0 Å². The Hall–Kier alpha value is -4.10. The fourth-order valence-corrected chi connectivity index (χ4v) is 2.98. The number of carbonyl (C=O) groups is 3. The fourth-order valence-electron chi connectivity index (χ4n) is 2.85. The smallest absolute Gasteiger partial charge is 0.308 e. The van der Waals surface area contributed by atoms with Crippen LogP contribution in [-0.2, 0) is 9.59 Å². The molecule has 0 aliphatic carbocycles. The molecule has 0 heterocycles. The molecule has 0 aliphatic heterocycles. The molecule has 2 N–H and O–H groups in total. The first kappa shape index (κ1) is 23.6. The molecule has 0 aromatic heterocycles. The number of amides is 2. The lowest BCUT2D eigenvalue weighted by molar-refractivity contribution is -0.132. The van der Waals surface area contributed by atoms with Gasteiger partial charge in [0, 0.05) is 23.2 Å². The van der Waals surface area contributed by atoms with Gasteiger partial charge in [-0.05, 0) is 60.2 Å². The number of hydrogen-bond acceptors (Lipinski definition) is 5. The summed E-state index contributed by atoms with van der Waals surface area (Å²) in [6.07, 6.45) is 1.49. The van der Waals surface area contributed by atoms with Crippen LogP contribution in [0.3, 0.4) is 0 Å². The van der Waals surface area contributed by atoms with Crippen molar-refractivity contribution < 1.29 is 23.9 Å². The van der Waals surface area contributed by atoms with E-state index in [1.54, 1.807) is 72.8 Å². The monoisotopic (exact) mass is 464 g/mol. The standard InChI is InChI=1S/C25H21ClN2O5/c1-16(29)33-22-13-8-17(15-23(22)32-2)14-21(28-24(30)18-6-4-3-5-7-18)25(31)27-20-11-9-19(26)10-12-20/h3-15H,1-2H3,(H,27,31)(H,28,30)/b21-14-. The summed E-state index contributed by atoms with van der Waals surface area (Å²) in [5.74, 6) is -0.940. The second-order valence-corrected chi connectivity index (χ2v) is 7.28. The number of methoxy groups -OCH3 is 1. The Kier molecular flexibility index (Phi) is 7.83. The normalized spacial score (nSPS) is 10.8. The molecule has 3 aromatic carbocycles. The van der Waals surface area contributed by atoms with Crippen molar-refractivity contribution in [2.24, 2.45) is 0 Å². The number of rotatable bonds is 7. The molecule has 3 rings (SSSR count). The minimum absolute atomic E-state index is 0.00101.